The number of carbonyl (C=O) groups is 1. The second-order valence-electron chi connectivity index (χ2n) is 4.60. The fraction of sp³-hybridized carbons (Fsp3) is 0.533. The summed E-state index contributed by atoms with van der Waals surface area (Å²) < 4.78 is 10.7. The predicted molar refractivity (Wildman–Crippen MR) is 82.3 cm³/mol. The van der Waals surface area contributed by atoms with Gasteiger partial charge in [-0.15, -0.1) is 0 Å². The lowest BCUT2D eigenvalue weighted by molar-refractivity contribution is -0.139. The Labute approximate surface area is 130 Å². The molecule has 1 atom stereocenters. The van der Waals surface area contributed by atoms with E-state index in [1.54, 1.807) is 6.07 Å². The van der Waals surface area contributed by atoms with Gasteiger partial charge in [0.1, 0.15) is 6.04 Å². The van der Waals surface area contributed by atoms with Crippen LogP contribution >= 0.6 is 11.6 Å². The van der Waals surface area contributed by atoms with Gasteiger partial charge in [0.15, 0.2) is 11.5 Å². The summed E-state index contributed by atoms with van der Waals surface area (Å²) >= 11 is 6.16. The van der Waals surface area contributed by atoms with Crippen LogP contribution in [-0.4, -0.2) is 30.8 Å². The van der Waals surface area contributed by atoms with Gasteiger partial charge in [0.05, 0.1) is 18.7 Å². The van der Waals surface area contributed by atoms with Crippen LogP contribution < -0.4 is 14.8 Å². The van der Waals surface area contributed by atoms with Crippen LogP contribution in [0.25, 0.3) is 0 Å². The molecule has 1 rings (SSSR count). The monoisotopic (exact) mass is 315 g/mol. The predicted octanol–water partition coefficient (Wildman–Crippen LogP) is 3.09. The molecule has 1 aromatic carbocycles. The van der Waals surface area contributed by atoms with E-state index in [2.05, 4.69) is 5.32 Å². The summed E-state index contributed by atoms with van der Waals surface area (Å²) in [6.07, 6.45) is 1.38. The number of hydrogen-bond donors (Lipinski definition) is 2. The number of halogens is 1. The maximum Gasteiger partial charge on any atom is 0.320 e. The van der Waals surface area contributed by atoms with Crippen LogP contribution in [0, 0.1) is 0 Å². The topological polar surface area (TPSA) is 67.8 Å². The van der Waals surface area contributed by atoms with Crippen molar-refractivity contribution in [3.05, 3.63) is 22.7 Å². The minimum absolute atomic E-state index is 0.404. The van der Waals surface area contributed by atoms with Crippen molar-refractivity contribution in [2.24, 2.45) is 0 Å². The SMILES string of the molecule is CCCC(NCc1cc(Cl)c(OC)c(OCC)c1)C(=O)O. The molecular formula is C15H22ClNO4. The van der Waals surface area contributed by atoms with Crippen LogP contribution in [0.5, 0.6) is 11.5 Å². The van der Waals surface area contributed by atoms with E-state index in [1.807, 2.05) is 19.9 Å². The fourth-order valence-corrected chi connectivity index (χ4v) is 2.34. The largest absolute Gasteiger partial charge is 0.491 e. The van der Waals surface area contributed by atoms with Gasteiger partial charge in [-0.25, -0.2) is 0 Å². The lowest BCUT2D eigenvalue weighted by Crippen LogP contribution is -2.36. The Balaban J connectivity index is 2.86. The summed E-state index contributed by atoms with van der Waals surface area (Å²) in [5, 5.41) is 12.6. The average molecular weight is 316 g/mol. The van der Waals surface area contributed by atoms with Gasteiger partial charge in [0.2, 0.25) is 0 Å². The molecule has 0 saturated carbocycles. The maximum absolute atomic E-state index is 11.1. The molecule has 0 aromatic heterocycles. The van der Waals surface area contributed by atoms with Gasteiger partial charge >= 0.3 is 5.97 Å². The van der Waals surface area contributed by atoms with Crippen LogP contribution in [0.4, 0.5) is 0 Å². The van der Waals surface area contributed by atoms with Crippen molar-refractivity contribution in [3.63, 3.8) is 0 Å². The quantitative estimate of drug-likeness (QED) is 0.733. The second-order valence-corrected chi connectivity index (χ2v) is 5.01. The number of ether oxygens (including phenoxy) is 2. The van der Waals surface area contributed by atoms with Gasteiger partial charge in [-0.05, 0) is 31.0 Å². The number of aliphatic carboxylic acids is 1. The summed E-state index contributed by atoms with van der Waals surface area (Å²) in [5.74, 6) is 0.207. The first-order valence-corrected chi connectivity index (χ1v) is 7.36. The Morgan fingerprint density at radius 2 is 2.14 bits per heavy atom. The van der Waals surface area contributed by atoms with Gasteiger partial charge in [-0.3, -0.25) is 4.79 Å². The molecule has 1 aromatic rings. The Hall–Kier alpha value is -1.46. The number of carboxylic acid groups (broad SMARTS) is 1. The number of rotatable bonds is 9. The highest BCUT2D eigenvalue weighted by molar-refractivity contribution is 6.32. The third kappa shape index (κ3) is 5.10. The third-order valence-electron chi connectivity index (χ3n) is 3.00. The van der Waals surface area contributed by atoms with Crippen molar-refractivity contribution >= 4 is 17.6 Å². The molecule has 0 aliphatic carbocycles. The van der Waals surface area contributed by atoms with Gasteiger partial charge in [0.25, 0.3) is 0 Å². The van der Waals surface area contributed by atoms with Crippen molar-refractivity contribution in [1.29, 1.82) is 0 Å². The molecule has 0 bridgehead atoms. The van der Waals surface area contributed by atoms with Crippen LogP contribution in [0.15, 0.2) is 12.1 Å². The molecule has 0 amide bonds. The fourth-order valence-electron chi connectivity index (χ4n) is 2.03. The van der Waals surface area contributed by atoms with E-state index in [-0.39, 0.29) is 0 Å². The highest BCUT2D eigenvalue weighted by Gasteiger charge is 2.16. The molecule has 0 spiro atoms. The van der Waals surface area contributed by atoms with Gasteiger partial charge in [-0.2, -0.15) is 0 Å². The van der Waals surface area contributed by atoms with Gasteiger partial charge in [-0.1, -0.05) is 24.9 Å². The Morgan fingerprint density at radius 3 is 2.67 bits per heavy atom. The highest BCUT2D eigenvalue weighted by Crippen LogP contribution is 2.36. The highest BCUT2D eigenvalue weighted by atomic mass is 35.5. The van der Waals surface area contributed by atoms with Crippen molar-refractivity contribution in [2.45, 2.75) is 39.3 Å². The Bertz CT molecular complexity index is 479. The molecule has 5 nitrogen and oxygen atoms in total. The minimum atomic E-state index is -0.846. The van der Waals surface area contributed by atoms with Crippen molar-refractivity contribution in [3.8, 4) is 11.5 Å². The Morgan fingerprint density at radius 1 is 1.43 bits per heavy atom. The van der Waals surface area contributed by atoms with Crippen LogP contribution in [0.3, 0.4) is 0 Å². The summed E-state index contributed by atoms with van der Waals surface area (Å²) in [6.45, 7) is 4.73. The van der Waals surface area contributed by atoms with E-state index in [4.69, 9.17) is 26.2 Å². The molecule has 6 heteroatoms. The van der Waals surface area contributed by atoms with Crippen LogP contribution in [0.2, 0.25) is 5.02 Å². The van der Waals surface area contributed by atoms with Crippen molar-refractivity contribution < 1.29 is 19.4 Å². The molecule has 0 aliphatic rings. The zero-order valence-corrected chi connectivity index (χ0v) is 13.4. The van der Waals surface area contributed by atoms with Crippen molar-refractivity contribution in [1.82, 2.24) is 5.32 Å². The molecule has 1 unspecified atom stereocenters. The lowest BCUT2D eigenvalue weighted by Gasteiger charge is -2.16. The molecule has 21 heavy (non-hydrogen) atoms. The molecule has 0 heterocycles. The number of benzene rings is 1. The average Bonchev–Trinajstić information content (AvgIpc) is 2.43. The summed E-state index contributed by atoms with van der Waals surface area (Å²) in [4.78, 5) is 11.1. The summed E-state index contributed by atoms with van der Waals surface area (Å²) in [6, 6.07) is 3.00. The smallest absolute Gasteiger partial charge is 0.320 e. The number of carboxylic acids is 1. The number of hydrogen-bond acceptors (Lipinski definition) is 4. The lowest BCUT2D eigenvalue weighted by atomic mass is 10.1. The van der Waals surface area contributed by atoms with E-state index < -0.39 is 12.0 Å². The summed E-state index contributed by atoms with van der Waals surface area (Å²) in [7, 11) is 1.53. The Kier molecular flexibility index (Phi) is 7.32. The van der Waals surface area contributed by atoms with E-state index in [1.165, 1.54) is 7.11 Å². The standard InChI is InChI=1S/C15H22ClNO4/c1-4-6-12(15(18)19)17-9-10-7-11(16)14(20-3)13(8-10)21-5-2/h7-8,12,17H,4-6,9H2,1-3H3,(H,18,19). The van der Waals surface area contributed by atoms with E-state index in [0.29, 0.717) is 36.1 Å². The van der Waals surface area contributed by atoms with Gasteiger partial charge < -0.3 is 19.9 Å². The van der Waals surface area contributed by atoms with Gasteiger partial charge in [0, 0.05) is 6.54 Å². The molecule has 0 fully saturated rings. The first kappa shape index (κ1) is 17.6. The first-order valence-electron chi connectivity index (χ1n) is 6.98. The minimum Gasteiger partial charge on any atom is -0.491 e. The molecular weight excluding hydrogens is 294 g/mol. The van der Waals surface area contributed by atoms with Crippen LogP contribution in [-0.2, 0) is 11.3 Å². The van der Waals surface area contributed by atoms with E-state index >= 15 is 0 Å². The van der Waals surface area contributed by atoms with Crippen LogP contribution in [0.1, 0.15) is 32.3 Å². The first-order chi connectivity index (χ1) is 10.0. The molecule has 0 saturated heterocycles. The second kappa shape index (κ2) is 8.74. The number of nitrogens with one attached hydrogen (secondary N) is 1. The van der Waals surface area contributed by atoms with E-state index in [0.717, 1.165) is 12.0 Å². The molecule has 2 N–H and O–H groups in total. The molecule has 118 valence electrons. The summed E-state index contributed by atoms with van der Waals surface area (Å²) in [5.41, 5.74) is 0.853. The molecule has 0 radical (unpaired) electrons. The number of methoxy groups -OCH3 is 1. The van der Waals surface area contributed by atoms with E-state index in [9.17, 15) is 4.79 Å². The maximum atomic E-state index is 11.1. The normalized spacial score (nSPS) is 12.0. The zero-order chi connectivity index (χ0) is 15.8. The van der Waals surface area contributed by atoms with Crippen molar-refractivity contribution in [2.75, 3.05) is 13.7 Å². The third-order valence-corrected chi connectivity index (χ3v) is 3.28. The molecule has 0 aliphatic heterocycles. The zero-order valence-electron chi connectivity index (χ0n) is 12.6.